The standard InChI is InChI=1S/C12H14F2N2O3/c1-3-16(4-2)12(19)15-10-5-7(11(17)18)8(13)6-9(10)14/h5-6H,3-4H2,1-2H3,(H,15,19)(H,17,18). The molecule has 0 aliphatic rings. The van der Waals surface area contributed by atoms with E-state index in [1.165, 1.54) is 4.90 Å². The first-order valence-corrected chi connectivity index (χ1v) is 5.68. The Hall–Kier alpha value is -2.18. The van der Waals surface area contributed by atoms with Gasteiger partial charge in [0, 0.05) is 19.2 Å². The van der Waals surface area contributed by atoms with Crippen LogP contribution in [0.1, 0.15) is 24.2 Å². The zero-order valence-electron chi connectivity index (χ0n) is 10.5. The molecule has 2 N–H and O–H groups in total. The Balaban J connectivity index is 3.04. The summed E-state index contributed by atoms with van der Waals surface area (Å²) in [4.78, 5) is 23.8. The molecule has 0 fully saturated rings. The summed E-state index contributed by atoms with van der Waals surface area (Å²) < 4.78 is 26.6. The normalized spacial score (nSPS) is 10.1. The molecule has 1 aromatic rings. The maximum absolute atomic E-state index is 13.5. The summed E-state index contributed by atoms with van der Waals surface area (Å²) in [5.74, 6) is -3.75. The van der Waals surface area contributed by atoms with Crippen molar-refractivity contribution in [3.63, 3.8) is 0 Å². The number of urea groups is 1. The number of hydrogen-bond donors (Lipinski definition) is 2. The Bertz CT molecular complexity index is 502. The maximum Gasteiger partial charge on any atom is 0.338 e. The molecule has 1 rings (SSSR count). The number of carbonyl (C=O) groups is 2. The molecule has 0 radical (unpaired) electrons. The highest BCUT2D eigenvalue weighted by Gasteiger charge is 2.18. The highest BCUT2D eigenvalue weighted by atomic mass is 19.1. The van der Waals surface area contributed by atoms with Gasteiger partial charge in [-0.05, 0) is 19.9 Å². The van der Waals surface area contributed by atoms with Crippen LogP contribution in [0.5, 0.6) is 0 Å². The molecule has 19 heavy (non-hydrogen) atoms. The molecule has 104 valence electrons. The van der Waals surface area contributed by atoms with Crippen LogP contribution >= 0.6 is 0 Å². The molecule has 0 unspecified atom stereocenters. The molecule has 0 heterocycles. The summed E-state index contributed by atoms with van der Waals surface area (Å²) in [6, 6.07) is 0.613. The summed E-state index contributed by atoms with van der Waals surface area (Å²) >= 11 is 0. The third-order valence-electron chi connectivity index (χ3n) is 2.58. The minimum absolute atomic E-state index is 0.365. The topological polar surface area (TPSA) is 69.6 Å². The predicted octanol–water partition coefficient (Wildman–Crippen LogP) is 2.54. The number of hydrogen-bond acceptors (Lipinski definition) is 2. The number of aromatic carboxylic acids is 1. The third-order valence-corrected chi connectivity index (χ3v) is 2.58. The summed E-state index contributed by atoms with van der Waals surface area (Å²) in [6.07, 6.45) is 0. The minimum atomic E-state index is -1.53. The lowest BCUT2D eigenvalue weighted by molar-refractivity contribution is 0.0691. The lowest BCUT2D eigenvalue weighted by Crippen LogP contribution is -2.34. The molecule has 0 bridgehead atoms. The number of halogens is 2. The lowest BCUT2D eigenvalue weighted by Gasteiger charge is -2.19. The molecule has 0 atom stereocenters. The van der Waals surface area contributed by atoms with E-state index in [0.29, 0.717) is 19.2 Å². The van der Waals surface area contributed by atoms with E-state index in [-0.39, 0.29) is 5.69 Å². The van der Waals surface area contributed by atoms with Gasteiger partial charge in [0.1, 0.15) is 11.6 Å². The lowest BCUT2D eigenvalue weighted by atomic mass is 10.2. The van der Waals surface area contributed by atoms with E-state index in [1.54, 1.807) is 13.8 Å². The Labute approximate surface area is 108 Å². The van der Waals surface area contributed by atoms with Crippen molar-refractivity contribution in [2.75, 3.05) is 18.4 Å². The summed E-state index contributed by atoms with van der Waals surface area (Å²) in [5.41, 5.74) is -1.06. The Morgan fingerprint density at radius 3 is 2.26 bits per heavy atom. The summed E-state index contributed by atoms with van der Waals surface area (Å²) in [6.45, 7) is 4.31. The first kappa shape index (κ1) is 14.9. The third kappa shape index (κ3) is 3.40. The number of nitrogens with zero attached hydrogens (tertiary/aromatic N) is 1. The summed E-state index contributed by atoms with van der Waals surface area (Å²) in [5, 5.41) is 10.9. The van der Waals surface area contributed by atoms with Crippen molar-refractivity contribution in [2.45, 2.75) is 13.8 Å². The first-order valence-electron chi connectivity index (χ1n) is 5.68. The van der Waals surface area contributed by atoms with Crippen molar-refractivity contribution in [3.05, 3.63) is 29.3 Å². The number of amides is 2. The molecule has 5 nitrogen and oxygen atoms in total. The van der Waals surface area contributed by atoms with E-state index >= 15 is 0 Å². The average Bonchev–Trinajstić information content (AvgIpc) is 2.33. The molecule has 0 saturated heterocycles. The van der Waals surface area contributed by atoms with Crippen LogP contribution in [0.2, 0.25) is 0 Å². The molecule has 0 aliphatic carbocycles. The van der Waals surface area contributed by atoms with E-state index in [2.05, 4.69) is 5.32 Å². The van der Waals surface area contributed by atoms with Gasteiger partial charge in [0.25, 0.3) is 0 Å². The van der Waals surface area contributed by atoms with E-state index in [1.807, 2.05) is 0 Å². The number of carboxylic acids is 1. The van der Waals surface area contributed by atoms with Crippen molar-refractivity contribution < 1.29 is 23.5 Å². The number of carbonyl (C=O) groups excluding carboxylic acids is 1. The van der Waals surface area contributed by atoms with Crippen LogP contribution in [0.15, 0.2) is 12.1 Å². The molecule has 1 aromatic carbocycles. The SMILES string of the molecule is CCN(CC)C(=O)Nc1cc(C(=O)O)c(F)cc1F. The molecule has 0 aliphatic heterocycles. The van der Waals surface area contributed by atoms with Gasteiger partial charge in [-0.1, -0.05) is 0 Å². The van der Waals surface area contributed by atoms with Crippen LogP contribution in [0, 0.1) is 11.6 Å². The fourth-order valence-electron chi connectivity index (χ4n) is 1.51. The molecule has 7 heteroatoms. The van der Waals surface area contributed by atoms with Crippen molar-refractivity contribution in [2.24, 2.45) is 0 Å². The second-order valence-electron chi connectivity index (χ2n) is 3.72. The van der Waals surface area contributed by atoms with E-state index < -0.39 is 29.2 Å². The monoisotopic (exact) mass is 272 g/mol. The zero-order valence-corrected chi connectivity index (χ0v) is 10.5. The van der Waals surface area contributed by atoms with Gasteiger partial charge < -0.3 is 15.3 Å². The fraction of sp³-hybridized carbons (Fsp3) is 0.333. The van der Waals surface area contributed by atoms with Crippen molar-refractivity contribution in [1.82, 2.24) is 4.90 Å². The molecule has 0 aromatic heterocycles. The van der Waals surface area contributed by atoms with E-state index in [4.69, 9.17) is 5.11 Å². The highest BCUT2D eigenvalue weighted by molar-refractivity contribution is 5.93. The smallest absolute Gasteiger partial charge is 0.338 e. The van der Waals surface area contributed by atoms with Gasteiger partial charge in [-0.15, -0.1) is 0 Å². The highest BCUT2D eigenvalue weighted by Crippen LogP contribution is 2.20. The largest absolute Gasteiger partial charge is 0.478 e. The van der Waals surface area contributed by atoms with Gasteiger partial charge >= 0.3 is 12.0 Å². The molecule has 2 amide bonds. The van der Waals surface area contributed by atoms with Gasteiger partial charge in [0.05, 0.1) is 11.3 Å². The number of rotatable bonds is 4. The van der Waals surface area contributed by atoms with Gasteiger partial charge in [-0.2, -0.15) is 0 Å². The van der Waals surface area contributed by atoms with Crippen LogP contribution in [0.25, 0.3) is 0 Å². The molecule has 0 spiro atoms. The maximum atomic E-state index is 13.5. The van der Waals surface area contributed by atoms with E-state index in [9.17, 15) is 18.4 Å². The van der Waals surface area contributed by atoms with Crippen molar-refractivity contribution in [3.8, 4) is 0 Å². The van der Waals surface area contributed by atoms with Crippen LogP contribution in [0.4, 0.5) is 19.3 Å². The quantitative estimate of drug-likeness (QED) is 0.884. The molecule has 0 saturated carbocycles. The number of benzene rings is 1. The number of anilines is 1. The Morgan fingerprint density at radius 2 is 1.79 bits per heavy atom. The minimum Gasteiger partial charge on any atom is -0.478 e. The van der Waals surface area contributed by atoms with Crippen LogP contribution < -0.4 is 5.32 Å². The fourth-order valence-corrected chi connectivity index (χ4v) is 1.51. The van der Waals surface area contributed by atoms with Crippen LogP contribution in [0.3, 0.4) is 0 Å². The van der Waals surface area contributed by atoms with Gasteiger partial charge in [-0.25, -0.2) is 18.4 Å². The average molecular weight is 272 g/mol. The predicted molar refractivity (Wildman–Crippen MR) is 65.3 cm³/mol. The second kappa shape index (κ2) is 6.12. The van der Waals surface area contributed by atoms with E-state index in [0.717, 1.165) is 6.07 Å². The van der Waals surface area contributed by atoms with Crippen molar-refractivity contribution in [1.29, 1.82) is 0 Å². The molecular weight excluding hydrogens is 258 g/mol. The zero-order chi connectivity index (χ0) is 14.6. The second-order valence-corrected chi connectivity index (χ2v) is 3.72. The van der Waals surface area contributed by atoms with Gasteiger partial charge in [0.2, 0.25) is 0 Å². The Morgan fingerprint density at radius 1 is 1.21 bits per heavy atom. The van der Waals surface area contributed by atoms with Crippen molar-refractivity contribution >= 4 is 17.7 Å². The number of nitrogens with one attached hydrogen (secondary N) is 1. The van der Waals surface area contributed by atoms with Gasteiger partial charge in [-0.3, -0.25) is 0 Å². The van der Waals surface area contributed by atoms with Gasteiger partial charge in [0.15, 0.2) is 0 Å². The Kier molecular flexibility index (Phi) is 4.80. The first-order chi connectivity index (χ1) is 8.90. The number of carboxylic acid groups (broad SMARTS) is 1. The van der Waals surface area contributed by atoms with Crippen LogP contribution in [-0.2, 0) is 0 Å². The van der Waals surface area contributed by atoms with Crippen LogP contribution in [-0.4, -0.2) is 35.1 Å². The summed E-state index contributed by atoms with van der Waals surface area (Å²) in [7, 11) is 0. The molecular formula is C12H14F2N2O3.